The highest BCUT2D eigenvalue weighted by Gasteiger charge is 2.35. The van der Waals surface area contributed by atoms with Gasteiger partial charge >= 0.3 is 5.97 Å². The zero-order valence-electron chi connectivity index (χ0n) is 16.6. The Balaban J connectivity index is 1.90. The highest BCUT2D eigenvalue weighted by Crippen LogP contribution is 2.28. The third-order valence-corrected chi connectivity index (χ3v) is 4.89. The van der Waals surface area contributed by atoms with E-state index in [1.165, 1.54) is 11.1 Å². The number of anilines is 2. The van der Waals surface area contributed by atoms with Gasteiger partial charge in [-0.25, -0.2) is 4.79 Å². The lowest BCUT2D eigenvalue weighted by atomic mass is 10.1. The van der Waals surface area contributed by atoms with E-state index in [4.69, 9.17) is 4.74 Å². The van der Waals surface area contributed by atoms with Crippen LogP contribution in [0, 0.1) is 0 Å². The van der Waals surface area contributed by atoms with Gasteiger partial charge in [0.25, 0.3) is 5.91 Å². The molecule has 0 aliphatic carbocycles. The van der Waals surface area contributed by atoms with Crippen LogP contribution in [0.4, 0.5) is 11.4 Å². The van der Waals surface area contributed by atoms with E-state index in [0.717, 1.165) is 24.2 Å². The molecule has 1 amide bonds. The first-order chi connectivity index (χ1) is 13.6. The van der Waals surface area contributed by atoms with Crippen molar-refractivity contribution in [1.82, 2.24) is 0 Å². The fourth-order valence-electron chi connectivity index (χ4n) is 3.17. The summed E-state index contributed by atoms with van der Waals surface area (Å²) in [5.74, 6) is -0.692. The van der Waals surface area contributed by atoms with Crippen molar-refractivity contribution >= 4 is 23.3 Å². The number of carbonyl (C=O) groups excluding carboxylic acids is 2. The van der Waals surface area contributed by atoms with E-state index < -0.39 is 5.97 Å². The number of aryl methyl sites for hydroxylation is 2. The molecular formula is C23H26N2O3. The Morgan fingerprint density at radius 2 is 1.54 bits per heavy atom. The number of hydrogen-bond acceptors (Lipinski definition) is 4. The first-order valence-corrected chi connectivity index (χ1v) is 9.74. The van der Waals surface area contributed by atoms with Gasteiger partial charge in [-0.1, -0.05) is 38.1 Å². The van der Waals surface area contributed by atoms with Gasteiger partial charge in [0.05, 0.1) is 18.7 Å². The molecule has 0 atom stereocenters. The van der Waals surface area contributed by atoms with Crippen LogP contribution in [-0.2, 0) is 27.2 Å². The summed E-state index contributed by atoms with van der Waals surface area (Å²) in [6.45, 7) is 6.39. The van der Waals surface area contributed by atoms with Crippen LogP contribution in [0.1, 0.15) is 31.9 Å². The molecule has 3 rings (SSSR count). The number of hydrogen-bond donors (Lipinski definition) is 1. The summed E-state index contributed by atoms with van der Waals surface area (Å²) in [5.41, 5.74) is 4.57. The normalized spacial score (nSPS) is 13.8. The second-order valence-corrected chi connectivity index (χ2v) is 6.66. The van der Waals surface area contributed by atoms with Gasteiger partial charge in [0.1, 0.15) is 5.70 Å². The minimum Gasteiger partial charge on any atom is -0.463 e. The number of nitrogens with one attached hydrogen (secondary N) is 1. The SMILES string of the molecule is CCOC(=O)C1=C(Nc2ccc(CC)cc2)C(=O)N(c2ccc(CC)cc2)C1. The van der Waals surface area contributed by atoms with Crippen LogP contribution in [0.3, 0.4) is 0 Å². The first-order valence-electron chi connectivity index (χ1n) is 9.74. The molecule has 2 aromatic carbocycles. The maximum Gasteiger partial charge on any atom is 0.338 e. The largest absolute Gasteiger partial charge is 0.463 e. The zero-order chi connectivity index (χ0) is 20.1. The number of amides is 1. The van der Waals surface area contributed by atoms with E-state index in [0.29, 0.717) is 5.57 Å². The average molecular weight is 378 g/mol. The van der Waals surface area contributed by atoms with Gasteiger partial charge in [0.15, 0.2) is 0 Å². The van der Waals surface area contributed by atoms with Crippen LogP contribution in [0.25, 0.3) is 0 Å². The Kier molecular flexibility index (Phi) is 6.14. The van der Waals surface area contributed by atoms with Crippen molar-refractivity contribution in [2.75, 3.05) is 23.4 Å². The molecule has 1 heterocycles. The number of benzene rings is 2. The summed E-state index contributed by atoms with van der Waals surface area (Å²) in [6.07, 6.45) is 1.87. The van der Waals surface area contributed by atoms with Crippen molar-refractivity contribution in [3.8, 4) is 0 Å². The van der Waals surface area contributed by atoms with Crippen molar-refractivity contribution in [3.63, 3.8) is 0 Å². The zero-order valence-corrected chi connectivity index (χ0v) is 16.6. The highest BCUT2D eigenvalue weighted by molar-refractivity contribution is 6.16. The predicted octanol–water partition coefficient (Wildman–Crippen LogP) is 4.09. The summed E-state index contributed by atoms with van der Waals surface area (Å²) in [4.78, 5) is 27.2. The molecule has 5 heteroatoms. The van der Waals surface area contributed by atoms with Crippen LogP contribution in [0.2, 0.25) is 0 Å². The van der Waals surface area contributed by atoms with Gasteiger partial charge in [0.2, 0.25) is 0 Å². The minimum absolute atomic E-state index is 0.193. The molecule has 0 saturated carbocycles. The highest BCUT2D eigenvalue weighted by atomic mass is 16.5. The van der Waals surface area contributed by atoms with Crippen LogP contribution in [0.15, 0.2) is 59.8 Å². The molecule has 0 unspecified atom stereocenters. The van der Waals surface area contributed by atoms with Crippen molar-refractivity contribution in [1.29, 1.82) is 0 Å². The van der Waals surface area contributed by atoms with E-state index in [1.54, 1.807) is 11.8 Å². The first kappa shape index (κ1) is 19.7. The number of ether oxygens (including phenoxy) is 1. The summed E-state index contributed by atoms with van der Waals surface area (Å²) < 4.78 is 5.18. The lowest BCUT2D eigenvalue weighted by molar-refractivity contribution is -0.138. The van der Waals surface area contributed by atoms with Gasteiger partial charge in [0, 0.05) is 11.4 Å². The fraction of sp³-hybridized carbons (Fsp3) is 0.304. The van der Waals surface area contributed by atoms with Gasteiger partial charge in [-0.05, 0) is 55.2 Å². The Hall–Kier alpha value is -3.08. The Morgan fingerprint density at radius 1 is 0.964 bits per heavy atom. The molecule has 0 fully saturated rings. The molecule has 0 bridgehead atoms. The maximum atomic E-state index is 13.1. The quantitative estimate of drug-likeness (QED) is 0.738. The molecule has 0 aromatic heterocycles. The number of nitrogens with zero attached hydrogens (tertiary/aromatic N) is 1. The predicted molar refractivity (Wildman–Crippen MR) is 111 cm³/mol. The van der Waals surface area contributed by atoms with Crippen molar-refractivity contribution in [2.45, 2.75) is 33.6 Å². The topological polar surface area (TPSA) is 58.6 Å². The molecule has 0 saturated heterocycles. The van der Waals surface area contributed by atoms with Crippen molar-refractivity contribution in [3.05, 3.63) is 70.9 Å². The summed E-state index contributed by atoms with van der Waals surface area (Å²) >= 11 is 0. The second-order valence-electron chi connectivity index (χ2n) is 6.66. The van der Waals surface area contributed by atoms with E-state index in [-0.39, 0.29) is 24.8 Å². The number of carbonyl (C=O) groups is 2. The van der Waals surface area contributed by atoms with E-state index in [9.17, 15) is 9.59 Å². The third-order valence-electron chi connectivity index (χ3n) is 4.89. The third kappa shape index (κ3) is 4.09. The molecule has 1 N–H and O–H groups in total. The van der Waals surface area contributed by atoms with E-state index in [2.05, 4.69) is 19.2 Å². The van der Waals surface area contributed by atoms with E-state index in [1.807, 2.05) is 48.5 Å². The van der Waals surface area contributed by atoms with Gasteiger partial charge in [-0.2, -0.15) is 0 Å². The van der Waals surface area contributed by atoms with Gasteiger partial charge in [-0.3, -0.25) is 4.79 Å². The maximum absolute atomic E-state index is 13.1. The standard InChI is InChI=1S/C23H26N2O3/c1-4-16-7-11-18(12-8-16)24-21-20(23(27)28-6-3)15-25(22(21)26)19-13-9-17(5-2)10-14-19/h7-14,24H,4-6,15H2,1-3H3. The molecule has 1 aliphatic heterocycles. The molecule has 2 aromatic rings. The summed E-state index contributed by atoms with van der Waals surface area (Å²) in [7, 11) is 0. The Morgan fingerprint density at radius 3 is 2.07 bits per heavy atom. The second kappa shape index (κ2) is 8.74. The Bertz CT molecular complexity index is 883. The lowest BCUT2D eigenvalue weighted by Crippen LogP contribution is -2.28. The number of rotatable bonds is 7. The summed E-state index contributed by atoms with van der Waals surface area (Å²) in [5, 5.41) is 3.14. The van der Waals surface area contributed by atoms with Crippen LogP contribution < -0.4 is 10.2 Å². The van der Waals surface area contributed by atoms with Crippen LogP contribution in [-0.4, -0.2) is 25.0 Å². The molecule has 1 aliphatic rings. The van der Waals surface area contributed by atoms with Crippen LogP contribution >= 0.6 is 0 Å². The lowest BCUT2D eigenvalue weighted by Gasteiger charge is -2.17. The fourth-order valence-corrected chi connectivity index (χ4v) is 3.17. The van der Waals surface area contributed by atoms with Gasteiger partial charge < -0.3 is 15.0 Å². The molecule has 28 heavy (non-hydrogen) atoms. The van der Waals surface area contributed by atoms with E-state index >= 15 is 0 Å². The smallest absolute Gasteiger partial charge is 0.338 e. The van der Waals surface area contributed by atoms with Crippen molar-refractivity contribution in [2.24, 2.45) is 0 Å². The Labute approximate surface area is 166 Å². The summed E-state index contributed by atoms with van der Waals surface area (Å²) in [6, 6.07) is 15.7. The molecule has 0 radical (unpaired) electrons. The molecular weight excluding hydrogens is 352 g/mol. The molecule has 0 spiro atoms. The van der Waals surface area contributed by atoms with Gasteiger partial charge in [-0.15, -0.1) is 0 Å². The minimum atomic E-state index is -0.462. The monoisotopic (exact) mass is 378 g/mol. The average Bonchev–Trinajstić information content (AvgIpc) is 3.05. The van der Waals surface area contributed by atoms with Crippen LogP contribution in [0.5, 0.6) is 0 Å². The van der Waals surface area contributed by atoms with Crippen molar-refractivity contribution < 1.29 is 14.3 Å². The molecule has 5 nitrogen and oxygen atoms in total. The molecule has 146 valence electrons. The number of esters is 1.